The molecule has 1 spiro atoms. The van der Waals surface area contributed by atoms with Gasteiger partial charge in [0.1, 0.15) is 11.4 Å². The molecule has 28 heavy (non-hydrogen) atoms. The molecule has 1 aromatic rings. The fourth-order valence-electron chi connectivity index (χ4n) is 4.38. The van der Waals surface area contributed by atoms with Crippen LogP contribution in [0.4, 0.5) is 9.18 Å². The molecular weight excluding hydrogens is 357 g/mol. The van der Waals surface area contributed by atoms with Gasteiger partial charge in [-0.3, -0.25) is 4.90 Å². The van der Waals surface area contributed by atoms with E-state index in [9.17, 15) is 9.18 Å². The third kappa shape index (κ3) is 5.67. The lowest BCUT2D eigenvalue weighted by molar-refractivity contribution is -0.00126. The van der Waals surface area contributed by atoms with E-state index in [1.165, 1.54) is 6.07 Å². The zero-order valence-electron chi connectivity index (χ0n) is 17.5. The normalized spacial score (nSPS) is 19.8. The van der Waals surface area contributed by atoms with Gasteiger partial charge < -0.3 is 14.5 Å². The minimum Gasteiger partial charge on any atom is -0.441 e. The van der Waals surface area contributed by atoms with Crippen molar-refractivity contribution in [3.8, 4) is 0 Å². The number of hydrogen-bond donors (Lipinski definition) is 0. The topological polar surface area (TPSA) is 36.0 Å². The average molecular weight is 392 g/mol. The Hall–Kier alpha value is -1.66. The smallest absolute Gasteiger partial charge is 0.410 e. The number of rotatable bonds is 8. The molecule has 0 aliphatic carbocycles. The number of piperidine rings is 1. The molecule has 2 saturated heterocycles. The summed E-state index contributed by atoms with van der Waals surface area (Å²) in [5.41, 5.74) is 0.658. The quantitative estimate of drug-likeness (QED) is 0.679. The Morgan fingerprint density at radius 3 is 2.71 bits per heavy atom. The Morgan fingerprint density at radius 1 is 1.29 bits per heavy atom. The van der Waals surface area contributed by atoms with Gasteiger partial charge in [0, 0.05) is 45.6 Å². The van der Waals surface area contributed by atoms with Gasteiger partial charge in [0.2, 0.25) is 0 Å². The summed E-state index contributed by atoms with van der Waals surface area (Å²) in [5, 5.41) is 0. The molecule has 0 bridgehead atoms. The fraction of sp³-hybridized carbons (Fsp3) is 0.682. The third-order valence-corrected chi connectivity index (χ3v) is 5.75. The second-order valence-corrected chi connectivity index (χ2v) is 8.89. The van der Waals surface area contributed by atoms with Crippen LogP contribution < -0.4 is 0 Å². The lowest BCUT2D eigenvalue weighted by Crippen LogP contribution is -2.46. The fourth-order valence-corrected chi connectivity index (χ4v) is 4.38. The van der Waals surface area contributed by atoms with Gasteiger partial charge in [0.25, 0.3) is 0 Å². The lowest BCUT2D eigenvalue weighted by atomic mass is 9.91. The highest BCUT2D eigenvalue weighted by atomic mass is 19.1. The van der Waals surface area contributed by atoms with Crippen molar-refractivity contribution in [3.63, 3.8) is 0 Å². The molecule has 0 radical (unpaired) electrons. The van der Waals surface area contributed by atoms with Crippen LogP contribution in [-0.4, -0.2) is 72.7 Å². The molecule has 1 aromatic carbocycles. The molecule has 3 rings (SSSR count). The Labute approximate surface area is 168 Å². The Morgan fingerprint density at radius 2 is 2.04 bits per heavy atom. The van der Waals surface area contributed by atoms with Crippen LogP contribution in [0.15, 0.2) is 24.3 Å². The summed E-state index contributed by atoms with van der Waals surface area (Å²) in [6.07, 6.45) is 2.50. The summed E-state index contributed by atoms with van der Waals surface area (Å²) in [6, 6.07) is 6.78. The maximum absolute atomic E-state index is 13.4. The van der Waals surface area contributed by atoms with E-state index in [0.29, 0.717) is 12.5 Å². The predicted molar refractivity (Wildman–Crippen MR) is 109 cm³/mol. The number of carbonyl (C=O) groups excluding carboxylic acids is 1. The number of hydrogen-bond acceptors (Lipinski definition) is 4. The molecular formula is C22H34FN3O2. The van der Waals surface area contributed by atoms with Crippen LogP contribution >= 0.6 is 0 Å². The number of ether oxygens (including phenoxy) is 1. The van der Waals surface area contributed by atoms with Gasteiger partial charge in [0.15, 0.2) is 0 Å². The summed E-state index contributed by atoms with van der Waals surface area (Å²) >= 11 is 0. The van der Waals surface area contributed by atoms with Gasteiger partial charge in [-0.05, 0) is 43.6 Å². The molecule has 1 amide bonds. The van der Waals surface area contributed by atoms with Crippen molar-refractivity contribution < 1.29 is 13.9 Å². The highest BCUT2D eigenvalue weighted by molar-refractivity contribution is 5.70. The first kappa shape index (κ1) is 21.1. The van der Waals surface area contributed by atoms with Gasteiger partial charge in [-0.15, -0.1) is 0 Å². The number of carbonyl (C=O) groups is 1. The molecule has 5 nitrogen and oxygen atoms in total. The zero-order valence-corrected chi connectivity index (χ0v) is 17.5. The number of amides is 1. The van der Waals surface area contributed by atoms with Crippen LogP contribution in [0.3, 0.4) is 0 Å². The van der Waals surface area contributed by atoms with E-state index in [1.807, 2.05) is 11.0 Å². The van der Waals surface area contributed by atoms with E-state index in [2.05, 4.69) is 30.7 Å². The molecule has 2 fully saturated rings. The van der Waals surface area contributed by atoms with Crippen molar-refractivity contribution in [2.24, 2.45) is 5.92 Å². The highest BCUT2D eigenvalue weighted by Gasteiger charge is 2.46. The minimum atomic E-state index is -0.334. The van der Waals surface area contributed by atoms with Crippen molar-refractivity contribution >= 4 is 6.09 Å². The van der Waals surface area contributed by atoms with Crippen LogP contribution in [0.1, 0.15) is 38.7 Å². The Bertz CT molecular complexity index is 659. The second kappa shape index (κ2) is 9.23. The first-order valence-corrected chi connectivity index (χ1v) is 10.5. The molecule has 0 saturated carbocycles. The highest BCUT2D eigenvalue weighted by Crippen LogP contribution is 2.33. The second-order valence-electron chi connectivity index (χ2n) is 8.89. The van der Waals surface area contributed by atoms with E-state index in [-0.39, 0.29) is 17.5 Å². The zero-order chi connectivity index (χ0) is 20.1. The molecule has 2 aliphatic heterocycles. The summed E-state index contributed by atoms with van der Waals surface area (Å²) in [5.74, 6) is 0.466. The molecule has 2 aliphatic rings. The first-order chi connectivity index (χ1) is 13.3. The molecule has 0 atom stereocenters. The number of benzene rings is 1. The first-order valence-electron chi connectivity index (χ1n) is 10.5. The van der Waals surface area contributed by atoms with Gasteiger partial charge in [-0.2, -0.15) is 0 Å². The van der Waals surface area contributed by atoms with Crippen LogP contribution in [-0.2, 0) is 11.3 Å². The average Bonchev–Trinajstić information content (AvgIpc) is 2.92. The van der Waals surface area contributed by atoms with Gasteiger partial charge in [-0.1, -0.05) is 26.0 Å². The van der Waals surface area contributed by atoms with E-state index in [1.54, 1.807) is 12.1 Å². The SMILES string of the molecule is CC(C)CN(C)CCCN1CC2(CCN(Cc3cccc(F)c3)CC2)OC1=O. The molecule has 2 heterocycles. The van der Waals surface area contributed by atoms with E-state index >= 15 is 0 Å². The van der Waals surface area contributed by atoms with Crippen molar-refractivity contribution in [2.75, 3.05) is 46.3 Å². The van der Waals surface area contributed by atoms with Crippen molar-refractivity contribution in [2.45, 2.75) is 45.3 Å². The molecule has 0 N–H and O–H groups in total. The molecule has 6 heteroatoms. The van der Waals surface area contributed by atoms with Crippen molar-refractivity contribution in [1.29, 1.82) is 0 Å². The predicted octanol–water partition coefficient (Wildman–Crippen LogP) is 3.59. The Balaban J connectivity index is 1.43. The summed E-state index contributed by atoms with van der Waals surface area (Å²) in [4.78, 5) is 18.9. The van der Waals surface area contributed by atoms with Crippen molar-refractivity contribution in [3.05, 3.63) is 35.6 Å². The third-order valence-electron chi connectivity index (χ3n) is 5.75. The minimum absolute atomic E-state index is 0.162. The number of likely N-dealkylation sites (tertiary alicyclic amines) is 1. The maximum atomic E-state index is 13.4. The standard InChI is InChI=1S/C22H34FN3O2/c1-18(2)15-24(3)10-5-11-26-17-22(28-21(26)27)8-12-25(13-9-22)16-19-6-4-7-20(23)14-19/h4,6-7,14,18H,5,8-13,15-17H2,1-3H3. The van der Waals surface area contributed by atoms with Crippen molar-refractivity contribution in [1.82, 2.24) is 14.7 Å². The molecule has 0 aromatic heterocycles. The van der Waals surface area contributed by atoms with Gasteiger partial charge >= 0.3 is 6.09 Å². The molecule has 156 valence electrons. The van der Waals surface area contributed by atoms with Gasteiger partial charge in [-0.25, -0.2) is 9.18 Å². The Kier molecular flexibility index (Phi) is 6.94. The summed E-state index contributed by atoms with van der Waals surface area (Å²) < 4.78 is 19.2. The number of halogens is 1. The monoisotopic (exact) mass is 391 g/mol. The van der Waals surface area contributed by atoms with Crippen LogP contribution in [0.5, 0.6) is 0 Å². The van der Waals surface area contributed by atoms with E-state index in [0.717, 1.165) is 64.1 Å². The lowest BCUT2D eigenvalue weighted by Gasteiger charge is -2.37. The largest absolute Gasteiger partial charge is 0.441 e. The molecule has 0 unspecified atom stereocenters. The summed E-state index contributed by atoms with van der Waals surface area (Å²) in [6.45, 7) is 10.5. The summed E-state index contributed by atoms with van der Waals surface area (Å²) in [7, 11) is 2.14. The van der Waals surface area contributed by atoms with Crippen LogP contribution in [0, 0.1) is 11.7 Å². The van der Waals surface area contributed by atoms with Crippen LogP contribution in [0.25, 0.3) is 0 Å². The maximum Gasteiger partial charge on any atom is 0.410 e. The van der Waals surface area contributed by atoms with Gasteiger partial charge in [0.05, 0.1) is 6.54 Å². The van der Waals surface area contributed by atoms with E-state index < -0.39 is 0 Å². The van der Waals surface area contributed by atoms with E-state index in [4.69, 9.17) is 4.74 Å². The number of nitrogens with zero attached hydrogens (tertiary/aromatic N) is 3. The van der Waals surface area contributed by atoms with Crippen LogP contribution in [0.2, 0.25) is 0 Å².